The zero-order chi connectivity index (χ0) is 15.1. The molecule has 0 aliphatic heterocycles. The Morgan fingerprint density at radius 1 is 0.952 bits per heavy atom. The van der Waals surface area contributed by atoms with Gasteiger partial charge in [0.05, 0.1) is 0 Å². The molecule has 1 heteroatoms. The van der Waals surface area contributed by atoms with Gasteiger partial charge in [-0.05, 0) is 43.1 Å². The fraction of sp³-hybridized carbons (Fsp3) is 0.700. The van der Waals surface area contributed by atoms with Gasteiger partial charge in [0, 0.05) is 12.6 Å². The summed E-state index contributed by atoms with van der Waals surface area (Å²) in [5.74, 6) is 2.19. The topological polar surface area (TPSA) is 12.0 Å². The fourth-order valence-corrected chi connectivity index (χ4v) is 3.73. The second-order valence-electron chi connectivity index (χ2n) is 7.21. The summed E-state index contributed by atoms with van der Waals surface area (Å²) in [5.41, 5.74) is 1.48. The van der Waals surface area contributed by atoms with E-state index in [0.29, 0.717) is 17.9 Å². The van der Waals surface area contributed by atoms with Crippen molar-refractivity contribution < 1.29 is 0 Å². The Morgan fingerprint density at radius 2 is 1.57 bits per heavy atom. The molecule has 1 nitrogen and oxygen atoms in total. The van der Waals surface area contributed by atoms with Crippen LogP contribution in [0, 0.1) is 11.8 Å². The molecule has 1 unspecified atom stereocenters. The summed E-state index contributed by atoms with van der Waals surface area (Å²) in [6.07, 6.45) is 8.60. The zero-order valence-corrected chi connectivity index (χ0v) is 14.1. The summed E-state index contributed by atoms with van der Waals surface area (Å²) < 4.78 is 0. The third kappa shape index (κ3) is 5.14. The molecule has 1 saturated carbocycles. The summed E-state index contributed by atoms with van der Waals surface area (Å²) >= 11 is 0. The molecule has 0 spiro atoms. The molecule has 2 atom stereocenters. The number of rotatable bonds is 6. The van der Waals surface area contributed by atoms with E-state index < -0.39 is 0 Å². The molecule has 2 rings (SSSR count). The van der Waals surface area contributed by atoms with E-state index in [9.17, 15) is 0 Å². The van der Waals surface area contributed by atoms with Gasteiger partial charge in [-0.15, -0.1) is 0 Å². The third-order valence-corrected chi connectivity index (χ3v) is 5.30. The molecule has 0 radical (unpaired) electrons. The Morgan fingerprint density at radius 3 is 2.14 bits per heavy atom. The molecule has 0 aromatic heterocycles. The summed E-state index contributed by atoms with van der Waals surface area (Å²) in [7, 11) is 0. The van der Waals surface area contributed by atoms with Crippen molar-refractivity contribution in [1.29, 1.82) is 0 Å². The van der Waals surface area contributed by atoms with Crippen molar-refractivity contribution in [2.45, 2.75) is 71.3 Å². The van der Waals surface area contributed by atoms with Gasteiger partial charge in [-0.2, -0.15) is 0 Å². The highest BCUT2D eigenvalue weighted by atomic mass is 14.9. The van der Waals surface area contributed by atoms with Crippen LogP contribution in [0.3, 0.4) is 0 Å². The lowest BCUT2D eigenvalue weighted by atomic mass is 9.87. The van der Waals surface area contributed by atoms with E-state index in [4.69, 9.17) is 0 Å². The van der Waals surface area contributed by atoms with Crippen LogP contribution in [-0.4, -0.2) is 12.6 Å². The molecule has 1 aromatic rings. The molecule has 0 saturated heterocycles. The highest BCUT2D eigenvalue weighted by molar-refractivity contribution is 5.20. The van der Waals surface area contributed by atoms with Crippen LogP contribution in [0.1, 0.15) is 70.8 Å². The largest absolute Gasteiger partial charge is 0.313 e. The van der Waals surface area contributed by atoms with Gasteiger partial charge >= 0.3 is 0 Å². The van der Waals surface area contributed by atoms with E-state index in [1.165, 1.54) is 44.1 Å². The van der Waals surface area contributed by atoms with Crippen molar-refractivity contribution in [2.75, 3.05) is 6.54 Å². The van der Waals surface area contributed by atoms with E-state index >= 15 is 0 Å². The van der Waals surface area contributed by atoms with Gasteiger partial charge in [-0.3, -0.25) is 0 Å². The van der Waals surface area contributed by atoms with Crippen LogP contribution in [0.25, 0.3) is 0 Å². The predicted molar refractivity (Wildman–Crippen MR) is 92.7 cm³/mol. The maximum absolute atomic E-state index is 3.86. The predicted octanol–water partition coefficient (Wildman–Crippen LogP) is 5.37. The first-order valence-electron chi connectivity index (χ1n) is 8.97. The van der Waals surface area contributed by atoms with Crippen LogP contribution in [0.15, 0.2) is 30.3 Å². The monoisotopic (exact) mass is 287 g/mol. The first-order valence-corrected chi connectivity index (χ1v) is 8.97. The van der Waals surface area contributed by atoms with Gasteiger partial charge in [0.1, 0.15) is 0 Å². The van der Waals surface area contributed by atoms with Crippen molar-refractivity contribution in [3.05, 3.63) is 35.9 Å². The Kier molecular flexibility index (Phi) is 6.76. The standard InChI is InChI=1S/C20H33N/c1-16(2)20(19-13-9-6-10-14-19)15-21-17(3)18-11-7-4-5-8-12-18/h6,9-10,13-14,16-18,20-21H,4-5,7-8,11-12,15H2,1-3H3/t17-,20?/m1/s1. The summed E-state index contributed by atoms with van der Waals surface area (Å²) in [4.78, 5) is 0. The van der Waals surface area contributed by atoms with Crippen molar-refractivity contribution in [2.24, 2.45) is 11.8 Å². The lowest BCUT2D eigenvalue weighted by Gasteiger charge is -2.28. The molecular weight excluding hydrogens is 254 g/mol. The second kappa shape index (κ2) is 8.58. The summed E-state index contributed by atoms with van der Waals surface area (Å²) in [5, 5.41) is 3.86. The smallest absolute Gasteiger partial charge is 0.00672 e. The van der Waals surface area contributed by atoms with E-state index in [1.54, 1.807) is 0 Å². The SMILES string of the molecule is CC(C)C(CN[C@H](C)C1CCCCCC1)c1ccccc1. The van der Waals surface area contributed by atoms with Crippen LogP contribution in [0.4, 0.5) is 0 Å². The van der Waals surface area contributed by atoms with Crippen LogP contribution < -0.4 is 5.32 Å². The quantitative estimate of drug-likeness (QED) is 0.693. The minimum atomic E-state index is 0.624. The lowest BCUT2D eigenvalue weighted by Crippen LogP contribution is -2.37. The highest BCUT2D eigenvalue weighted by Crippen LogP contribution is 2.27. The van der Waals surface area contributed by atoms with Crippen LogP contribution in [0.2, 0.25) is 0 Å². The fourth-order valence-electron chi connectivity index (χ4n) is 3.73. The Bertz CT molecular complexity index is 376. The van der Waals surface area contributed by atoms with Gasteiger partial charge < -0.3 is 5.32 Å². The number of nitrogens with one attached hydrogen (secondary N) is 1. The molecule has 0 heterocycles. The van der Waals surface area contributed by atoms with Crippen LogP contribution >= 0.6 is 0 Å². The molecule has 118 valence electrons. The maximum atomic E-state index is 3.86. The molecule has 0 amide bonds. The minimum absolute atomic E-state index is 0.624. The first-order chi connectivity index (χ1) is 10.2. The van der Waals surface area contributed by atoms with Crippen molar-refractivity contribution in [3.8, 4) is 0 Å². The van der Waals surface area contributed by atoms with Crippen molar-refractivity contribution in [3.63, 3.8) is 0 Å². The maximum Gasteiger partial charge on any atom is 0.00672 e. The number of hydrogen-bond acceptors (Lipinski definition) is 1. The third-order valence-electron chi connectivity index (χ3n) is 5.30. The Balaban J connectivity index is 1.89. The van der Waals surface area contributed by atoms with E-state index in [0.717, 1.165) is 12.5 Å². The highest BCUT2D eigenvalue weighted by Gasteiger charge is 2.21. The van der Waals surface area contributed by atoms with Gasteiger partial charge in [-0.25, -0.2) is 0 Å². The zero-order valence-electron chi connectivity index (χ0n) is 14.1. The minimum Gasteiger partial charge on any atom is -0.313 e. The lowest BCUT2D eigenvalue weighted by molar-refractivity contribution is 0.320. The van der Waals surface area contributed by atoms with Gasteiger partial charge in [0.2, 0.25) is 0 Å². The average Bonchev–Trinajstić information content (AvgIpc) is 2.77. The Labute approximate surface area is 131 Å². The molecule has 1 N–H and O–H groups in total. The molecular formula is C20H33N. The molecule has 1 aliphatic carbocycles. The second-order valence-corrected chi connectivity index (χ2v) is 7.21. The Hall–Kier alpha value is -0.820. The van der Waals surface area contributed by atoms with E-state index in [-0.39, 0.29) is 0 Å². The van der Waals surface area contributed by atoms with Gasteiger partial charge in [-0.1, -0.05) is 69.9 Å². The van der Waals surface area contributed by atoms with Crippen molar-refractivity contribution >= 4 is 0 Å². The molecule has 1 fully saturated rings. The summed E-state index contributed by atoms with van der Waals surface area (Å²) in [6, 6.07) is 11.7. The van der Waals surface area contributed by atoms with E-state index in [1.807, 2.05) is 0 Å². The number of benzene rings is 1. The molecule has 1 aliphatic rings. The number of hydrogen-bond donors (Lipinski definition) is 1. The van der Waals surface area contributed by atoms with Crippen LogP contribution in [0.5, 0.6) is 0 Å². The van der Waals surface area contributed by atoms with Gasteiger partial charge in [0.25, 0.3) is 0 Å². The van der Waals surface area contributed by atoms with E-state index in [2.05, 4.69) is 56.4 Å². The normalized spacial score (nSPS) is 20.2. The average molecular weight is 287 g/mol. The van der Waals surface area contributed by atoms with Crippen molar-refractivity contribution in [1.82, 2.24) is 5.32 Å². The van der Waals surface area contributed by atoms with Gasteiger partial charge in [0.15, 0.2) is 0 Å². The summed E-state index contributed by atoms with van der Waals surface area (Å²) in [6.45, 7) is 8.20. The first kappa shape index (κ1) is 16.5. The molecule has 21 heavy (non-hydrogen) atoms. The molecule has 1 aromatic carbocycles. The molecule has 0 bridgehead atoms. The van der Waals surface area contributed by atoms with Crippen LogP contribution in [-0.2, 0) is 0 Å².